The van der Waals surface area contributed by atoms with Crippen LogP contribution in [0.5, 0.6) is 0 Å². The number of esters is 2. The van der Waals surface area contributed by atoms with Gasteiger partial charge in [-0.15, -0.1) is 0 Å². The lowest BCUT2D eigenvalue weighted by Crippen LogP contribution is -2.67. The summed E-state index contributed by atoms with van der Waals surface area (Å²) in [5.74, 6) is -2.75. The number of halogens is 1. The topological polar surface area (TPSA) is 55.8 Å². The number of benzene rings is 1. The van der Waals surface area contributed by atoms with E-state index >= 15 is 0 Å². The van der Waals surface area contributed by atoms with Gasteiger partial charge in [-0.25, -0.2) is 4.39 Å². The maximum Gasteiger partial charge on any atom is 0.329 e. The van der Waals surface area contributed by atoms with Gasteiger partial charge in [0.1, 0.15) is 5.82 Å². The molecule has 3 heterocycles. The van der Waals surface area contributed by atoms with Crippen molar-refractivity contribution in [2.45, 2.75) is 78.2 Å². The zero-order valence-electron chi connectivity index (χ0n) is 17.7. The molecular formula is C23H28FNO4. The van der Waals surface area contributed by atoms with Crippen molar-refractivity contribution in [1.82, 2.24) is 0 Å². The summed E-state index contributed by atoms with van der Waals surface area (Å²) in [7, 11) is 0. The summed E-state index contributed by atoms with van der Waals surface area (Å²) in [6.45, 7) is 9.81. The summed E-state index contributed by atoms with van der Waals surface area (Å²) in [6, 6.07) is 4.53. The third-order valence-corrected chi connectivity index (χ3v) is 7.37. The van der Waals surface area contributed by atoms with Crippen LogP contribution in [-0.4, -0.2) is 29.8 Å². The Morgan fingerprint density at radius 3 is 2.34 bits per heavy atom. The molecule has 29 heavy (non-hydrogen) atoms. The van der Waals surface area contributed by atoms with Crippen molar-refractivity contribution in [3.8, 4) is 0 Å². The number of nitrogens with zero attached hydrogens (tertiary/aromatic N) is 1. The number of hydrogen-bond donors (Lipinski definition) is 0. The molecule has 4 aliphatic rings. The molecule has 2 bridgehead atoms. The fourth-order valence-electron chi connectivity index (χ4n) is 7.05. The predicted molar refractivity (Wildman–Crippen MR) is 105 cm³/mol. The molecule has 1 saturated carbocycles. The van der Waals surface area contributed by atoms with E-state index in [2.05, 4.69) is 25.7 Å². The van der Waals surface area contributed by atoms with E-state index in [0.717, 1.165) is 24.9 Å². The molecular weight excluding hydrogens is 373 g/mol. The molecule has 0 radical (unpaired) electrons. The van der Waals surface area contributed by atoms with Crippen LogP contribution < -0.4 is 4.90 Å². The lowest BCUT2D eigenvalue weighted by atomic mass is 9.57. The number of ether oxygens (including phenoxy) is 2. The molecule has 3 atom stereocenters. The van der Waals surface area contributed by atoms with Gasteiger partial charge in [0, 0.05) is 32.0 Å². The Hall–Kier alpha value is -2.11. The molecule has 1 aliphatic carbocycles. The van der Waals surface area contributed by atoms with Gasteiger partial charge in [0.15, 0.2) is 5.41 Å². The lowest BCUT2D eigenvalue weighted by Gasteiger charge is -2.53. The Balaban J connectivity index is 1.75. The largest absolute Gasteiger partial charge is 0.422 e. The number of carbonyl (C=O) groups is 2. The highest BCUT2D eigenvalue weighted by Crippen LogP contribution is 2.64. The van der Waals surface area contributed by atoms with Crippen molar-refractivity contribution in [2.75, 3.05) is 4.90 Å². The summed E-state index contributed by atoms with van der Waals surface area (Å²) < 4.78 is 25.4. The van der Waals surface area contributed by atoms with Gasteiger partial charge in [-0.3, -0.25) is 9.59 Å². The standard InChI is InChI=1S/C23H28FNO4/c1-20(2)10-15-11-22(5,12-20)17-23(18(26)28-21(3,4)29-19(23)27)9-13-8-14(24)6-7-16(13)25(15)17/h6-8,15,17H,9-12H2,1-5H3/t15-,17+,22-/m0/s1. The first-order valence-electron chi connectivity index (χ1n) is 10.4. The monoisotopic (exact) mass is 401 g/mol. The van der Waals surface area contributed by atoms with E-state index in [0.29, 0.717) is 5.56 Å². The quantitative estimate of drug-likeness (QED) is 0.486. The Labute approximate surface area is 170 Å². The minimum absolute atomic E-state index is 0.0815. The molecule has 1 aromatic carbocycles. The van der Waals surface area contributed by atoms with Crippen LogP contribution in [0.3, 0.4) is 0 Å². The normalized spacial score (nSPS) is 35.6. The molecule has 156 valence electrons. The van der Waals surface area contributed by atoms with Gasteiger partial charge < -0.3 is 14.4 Å². The number of rotatable bonds is 0. The third kappa shape index (κ3) is 2.44. The van der Waals surface area contributed by atoms with Crippen LogP contribution in [0.2, 0.25) is 0 Å². The van der Waals surface area contributed by atoms with E-state index in [-0.39, 0.29) is 35.2 Å². The molecule has 0 unspecified atom stereocenters. The van der Waals surface area contributed by atoms with Gasteiger partial charge in [0.25, 0.3) is 5.79 Å². The first-order valence-corrected chi connectivity index (χ1v) is 10.4. The zero-order chi connectivity index (χ0) is 21.0. The number of hydrogen-bond acceptors (Lipinski definition) is 5. The Kier molecular flexibility index (Phi) is 3.47. The summed E-state index contributed by atoms with van der Waals surface area (Å²) in [4.78, 5) is 29.2. The van der Waals surface area contributed by atoms with E-state index in [1.165, 1.54) is 12.1 Å². The maximum absolute atomic E-state index is 14.1. The van der Waals surface area contributed by atoms with Gasteiger partial charge in [0.05, 0.1) is 6.04 Å². The van der Waals surface area contributed by atoms with Crippen LogP contribution in [0, 0.1) is 22.1 Å². The average Bonchev–Trinajstić information content (AvgIpc) is 2.77. The van der Waals surface area contributed by atoms with Crippen molar-refractivity contribution in [3.05, 3.63) is 29.6 Å². The molecule has 3 aliphatic heterocycles. The van der Waals surface area contributed by atoms with Gasteiger partial charge in [-0.1, -0.05) is 20.8 Å². The molecule has 2 saturated heterocycles. The Morgan fingerprint density at radius 1 is 1.03 bits per heavy atom. The summed E-state index contributed by atoms with van der Waals surface area (Å²) in [5, 5.41) is 0. The smallest absolute Gasteiger partial charge is 0.329 e. The van der Waals surface area contributed by atoms with E-state index in [4.69, 9.17) is 9.47 Å². The minimum atomic E-state index is -1.47. The predicted octanol–water partition coefficient (Wildman–Crippen LogP) is 3.98. The SMILES string of the molecule is CC1(C)C[C@H]2C[C@@](C)(C1)[C@H]1N2c2ccc(F)cc2CC12C(=O)OC(C)(C)OC2=O. The van der Waals surface area contributed by atoms with Crippen molar-refractivity contribution in [3.63, 3.8) is 0 Å². The van der Waals surface area contributed by atoms with E-state index < -0.39 is 23.1 Å². The molecule has 1 aromatic rings. The molecule has 5 nitrogen and oxygen atoms in total. The second kappa shape index (κ2) is 5.32. The number of fused-ring (bicyclic) bond motifs is 8. The Bertz CT molecular complexity index is 919. The number of cyclic esters (lactones) is 2. The highest BCUT2D eigenvalue weighted by atomic mass is 19.1. The summed E-state index contributed by atoms with van der Waals surface area (Å²) in [5.41, 5.74) is -0.0428. The van der Waals surface area contributed by atoms with Crippen LogP contribution in [-0.2, 0) is 25.5 Å². The zero-order valence-corrected chi connectivity index (χ0v) is 17.7. The second-order valence-electron chi connectivity index (χ2n) is 11.0. The fourth-order valence-corrected chi connectivity index (χ4v) is 7.05. The van der Waals surface area contributed by atoms with Crippen molar-refractivity contribution < 1.29 is 23.5 Å². The van der Waals surface area contributed by atoms with Crippen LogP contribution >= 0.6 is 0 Å². The Morgan fingerprint density at radius 2 is 1.69 bits per heavy atom. The number of anilines is 1. The van der Waals surface area contributed by atoms with Gasteiger partial charge >= 0.3 is 11.9 Å². The maximum atomic E-state index is 14.1. The number of carbonyl (C=O) groups excluding carboxylic acids is 2. The first kappa shape index (κ1) is 18.9. The third-order valence-electron chi connectivity index (χ3n) is 7.37. The van der Waals surface area contributed by atoms with Gasteiger partial charge in [-0.05, 0) is 53.9 Å². The second-order valence-corrected chi connectivity index (χ2v) is 11.0. The molecule has 0 aromatic heterocycles. The van der Waals surface area contributed by atoms with Crippen molar-refractivity contribution in [1.29, 1.82) is 0 Å². The van der Waals surface area contributed by atoms with E-state index in [1.807, 2.05) is 0 Å². The van der Waals surface area contributed by atoms with Crippen LogP contribution in [0.4, 0.5) is 10.1 Å². The van der Waals surface area contributed by atoms with Crippen LogP contribution in [0.1, 0.15) is 59.4 Å². The molecule has 1 spiro atoms. The molecule has 5 rings (SSSR count). The minimum Gasteiger partial charge on any atom is -0.422 e. The van der Waals surface area contributed by atoms with Crippen LogP contribution in [0.25, 0.3) is 0 Å². The summed E-state index contributed by atoms with van der Waals surface area (Å²) in [6.07, 6.45) is 2.86. The highest BCUT2D eigenvalue weighted by Gasteiger charge is 2.72. The average molecular weight is 401 g/mol. The molecule has 0 N–H and O–H groups in total. The first-order chi connectivity index (χ1) is 13.4. The molecule has 6 heteroatoms. The van der Waals surface area contributed by atoms with Crippen LogP contribution in [0.15, 0.2) is 18.2 Å². The van der Waals surface area contributed by atoms with E-state index in [1.54, 1.807) is 19.9 Å². The molecule has 0 amide bonds. The van der Waals surface area contributed by atoms with Crippen molar-refractivity contribution >= 4 is 17.6 Å². The van der Waals surface area contributed by atoms with Gasteiger partial charge in [-0.2, -0.15) is 0 Å². The fraction of sp³-hybridized carbons (Fsp3) is 0.652. The highest BCUT2D eigenvalue weighted by molar-refractivity contribution is 6.04. The molecule has 3 fully saturated rings. The lowest BCUT2D eigenvalue weighted by molar-refractivity contribution is -0.255. The van der Waals surface area contributed by atoms with Crippen molar-refractivity contribution in [2.24, 2.45) is 16.2 Å². The van der Waals surface area contributed by atoms with E-state index in [9.17, 15) is 14.0 Å². The van der Waals surface area contributed by atoms with Gasteiger partial charge in [0.2, 0.25) is 0 Å². The summed E-state index contributed by atoms with van der Waals surface area (Å²) >= 11 is 0.